The number of aromatic amines is 1. The van der Waals surface area contributed by atoms with Crippen LogP contribution in [0.25, 0.3) is 10.8 Å². The van der Waals surface area contributed by atoms with Crippen molar-refractivity contribution in [2.75, 3.05) is 0 Å². The Labute approximate surface area is 135 Å². The van der Waals surface area contributed by atoms with E-state index in [1.165, 1.54) is 36.5 Å². The minimum absolute atomic E-state index is 0.0535. The Kier molecular flexibility index (Phi) is 3.99. The van der Waals surface area contributed by atoms with Crippen molar-refractivity contribution < 1.29 is 13.6 Å². The van der Waals surface area contributed by atoms with Gasteiger partial charge < -0.3 is 10.7 Å². The van der Waals surface area contributed by atoms with E-state index in [2.05, 4.69) is 4.98 Å². The van der Waals surface area contributed by atoms with Gasteiger partial charge in [-0.3, -0.25) is 9.59 Å². The van der Waals surface area contributed by atoms with Crippen LogP contribution < -0.4 is 11.3 Å². The molecule has 24 heavy (non-hydrogen) atoms. The van der Waals surface area contributed by atoms with Crippen LogP contribution in [-0.4, -0.2) is 10.8 Å². The number of carbonyl (C=O) groups excluding carboxylic acids is 1. The molecule has 1 aromatic heterocycles. The van der Waals surface area contributed by atoms with Crippen LogP contribution >= 0.6 is 0 Å². The van der Waals surface area contributed by atoms with Crippen LogP contribution in [-0.2, 0) is 0 Å². The van der Waals surface area contributed by atoms with Crippen LogP contribution in [0.1, 0.15) is 34.5 Å². The quantitative estimate of drug-likeness (QED) is 0.726. The second-order valence-corrected chi connectivity index (χ2v) is 5.52. The minimum atomic E-state index is -0.975. The summed E-state index contributed by atoms with van der Waals surface area (Å²) >= 11 is 0. The van der Waals surface area contributed by atoms with E-state index < -0.39 is 29.0 Å². The number of carbonyl (C=O) groups is 1. The highest BCUT2D eigenvalue weighted by Crippen LogP contribution is 2.26. The summed E-state index contributed by atoms with van der Waals surface area (Å²) in [5.74, 6) is -2.77. The van der Waals surface area contributed by atoms with Crippen LogP contribution in [0.4, 0.5) is 8.78 Å². The van der Waals surface area contributed by atoms with Gasteiger partial charge in [-0.15, -0.1) is 0 Å². The molecule has 4 nitrogen and oxygen atoms in total. The third-order valence-electron chi connectivity index (χ3n) is 3.90. The predicted octanol–water partition coefficient (Wildman–Crippen LogP) is 3.06. The summed E-state index contributed by atoms with van der Waals surface area (Å²) in [6.07, 6.45) is 1.38. The number of aromatic nitrogens is 1. The number of halogens is 2. The van der Waals surface area contributed by atoms with Crippen LogP contribution in [0, 0.1) is 11.6 Å². The van der Waals surface area contributed by atoms with Gasteiger partial charge in [-0.05, 0) is 30.5 Å². The zero-order valence-electron chi connectivity index (χ0n) is 12.8. The average molecular weight is 328 g/mol. The van der Waals surface area contributed by atoms with Gasteiger partial charge >= 0.3 is 0 Å². The number of ketones is 1. The summed E-state index contributed by atoms with van der Waals surface area (Å²) in [4.78, 5) is 27.1. The lowest BCUT2D eigenvalue weighted by Crippen LogP contribution is -2.15. The second kappa shape index (κ2) is 5.98. The maximum absolute atomic E-state index is 14.6. The van der Waals surface area contributed by atoms with E-state index >= 15 is 0 Å². The second-order valence-electron chi connectivity index (χ2n) is 5.52. The average Bonchev–Trinajstić information content (AvgIpc) is 2.54. The molecular weight excluding hydrogens is 314 g/mol. The lowest BCUT2D eigenvalue weighted by atomic mass is 9.95. The van der Waals surface area contributed by atoms with Gasteiger partial charge in [0.15, 0.2) is 5.78 Å². The Balaban J connectivity index is 2.27. The van der Waals surface area contributed by atoms with Crippen molar-refractivity contribution in [2.24, 2.45) is 5.73 Å². The standard InChI is InChI=1S/C18H14F2N2O2/c1-9(21)10-5-6-14(19)15(16(10)20)17(23)12-3-2-4-13-11(12)7-8-22-18(13)24/h2-9H,21H2,1H3,(H,22,24)/t9-/m0/s1. The monoisotopic (exact) mass is 328 g/mol. The maximum atomic E-state index is 14.6. The van der Waals surface area contributed by atoms with Crippen molar-refractivity contribution in [3.8, 4) is 0 Å². The van der Waals surface area contributed by atoms with Gasteiger partial charge in [-0.25, -0.2) is 8.78 Å². The third kappa shape index (κ3) is 2.51. The Hall–Kier alpha value is -2.86. The predicted molar refractivity (Wildman–Crippen MR) is 87.0 cm³/mol. The lowest BCUT2D eigenvalue weighted by Gasteiger charge is -2.12. The number of benzene rings is 2. The third-order valence-corrected chi connectivity index (χ3v) is 3.90. The van der Waals surface area contributed by atoms with Gasteiger partial charge in [0.2, 0.25) is 0 Å². The minimum Gasteiger partial charge on any atom is -0.329 e. The lowest BCUT2D eigenvalue weighted by molar-refractivity contribution is 0.103. The zero-order chi connectivity index (χ0) is 17.4. The van der Waals surface area contributed by atoms with Gasteiger partial charge in [0.25, 0.3) is 5.56 Å². The molecule has 3 rings (SSSR count). The SMILES string of the molecule is C[C@H](N)c1ccc(F)c(C(=O)c2cccc3c(=O)[nH]ccc23)c1F. The molecule has 0 unspecified atom stereocenters. The van der Waals surface area contributed by atoms with Gasteiger partial charge in [-0.1, -0.05) is 18.2 Å². The molecule has 1 heterocycles. The fraction of sp³-hybridized carbons (Fsp3) is 0.111. The van der Waals surface area contributed by atoms with Gasteiger partial charge in [0.1, 0.15) is 11.6 Å². The first-order valence-electron chi connectivity index (χ1n) is 7.30. The molecule has 3 N–H and O–H groups in total. The van der Waals surface area contributed by atoms with Crippen molar-refractivity contribution >= 4 is 16.6 Å². The molecule has 0 spiro atoms. The highest BCUT2D eigenvalue weighted by molar-refractivity contribution is 6.16. The highest BCUT2D eigenvalue weighted by atomic mass is 19.1. The van der Waals surface area contributed by atoms with Crippen LogP contribution in [0.3, 0.4) is 0 Å². The van der Waals surface area contributed by atoms with Crippen LogP contribution in [0.15, 0.2) is 47.4 Å². The van der Waals surface area contributed by atoms with E-state index in [4.69, 9.17) is 5.73 Å². The molecule has 6 heteroatoms. The number of H-pyrrole nitrogens is 1. The summed E-state index contributed by atoms with van der Waals surface area (Å²) in [5.41, 5.74) is 4.72. The van der Waals surface area contributed by atoms with Crippen LogP contribution in [0.2, 0.25) is 0 Å². The van der Waals surface area contributed by atoms with E-state index in [-0.39, 0.29) is 22.1 Å². The molecule has 0 saturated carbocycles. The first-order valence-corrected chi connectivity index (χ1v) is 7.30. The molecule has 0 aliphatic heterocycles. The molecular formula is C18H14F2N2O2. The van der Waals surface area contributed by atoms with Crippen molar-refractivity contribution in [1.29, 1.82) is 0 Å². The molecule has 0 radical (unpaired) electrons. The first-order chi connectivity index (χ1) is 11.4. The molecule has 0 aliphatic rings. The normalized spacial score (nSPS) is 12.3. The van der Waals surface area contributed by atoms with E-state index in [0.717, 1.165) is 6.07 Å². The Morgan fingerprint density at radius 1 is 1.12 bits per heavy atom. The van der Waals surface area contributed by atoms with Crippen molar-refractivity contribution in [1.82, 2.24) is 4.98 Å². The number of nitrogens with one attached hydrogen (secondary N) is 1. The zero-order valence-corrected chi connectivity index (χ0v) is 12.8. The largest absolute Gasteiger partial charge is 0.329 e. The Morgan fingerprint density at radius 3 is 2.58 bits per heavy atom. The van der Waals surface area contributed by atoms with Crippen molar-refractivity contribution in [3.63, 3.8) is 0 Å². The molecule has 1 atom stereocenters. The number of nitrogens with two attached hydrogens (primary N) is 1. The maximum Gasteiger partial charge on any atom is 0.255 e. The molecule has 0 aliphatic carbocycles. The molecule has 0 amide bonds. The number of pyridine rings is 1. The molecule has 122 valence electrons. The van der Waals surface area contributed by atoms with Gasteiger partial charge in [0.05, 0.1) is 5.56 Å². The summed E-state index contributed by atoms with van der Waals surface area (Å²) in [7, 11) is 0. The summed E-state index contributed by atoms with van der Waals surface area (Å²) in [6.45, 7) is 1.54. The molecule has 0 fully saturated rings. The molecule has 3 aromatic rings. The topological polar surface area (TPSA) is 76.0 Å². The number of hydrogen-bond donors (Lipinski definition) is 2. The van der Waals surface area contributed by atoms with Crippen LogP contribution in [0.5, 0.6) is 0 Å². The van der Waals surface area contributed by atoms with Gasteiger partial charge in [-0.2, -0.15) is 0 Å². The number of fused-ring (bicyclic) bond motifs is 1. The fourth-order valence-corrected chi connectivity index (χ4v) is 2.68. The molecule has 0 bridgehead atoms. The molecule has 0 saturated heterocycles. The highest BCUT2D eigenvalue weighted by Gasteiger charge is 2.24. The van der Waals surface area contributed by atoms with Crippen molar-refractivity contribution in [3.05, 3.63) is 81.3 Å². The van der Waals surface area contributed by atoms with E-state index in [1.54, 1.807) is 6.92 Å². The first kappa shape index (κ1) is 16.0. The summed E-state index contributed by atoms with van der Waals surface area (Å²) in [6, 6.07) is 7.54. The van der Waals surface area contributed by atoms with Gasteiger partial charge in [0, 0.05) is 28.8 Å². The summed E-state index contributed by atoms with van der Waals surface area (Å²) < 4.78 is 28.7. The number of rotatable bonds is 3. The smallest absolute Gasteiger partial charge is 0.255 e. The van der Waals surface area contributed by atoms with Crippen molar-refractivity contribution in [2.45, 2.75) is 13.0 Å². The Morgan fingerprint density at radius 2 is 1.88 bits per heavy atom. The fourth-order valence-electron chi connectivity index (χ4n) is 2.68. The molecule has 2 aromatic carbocycles. The van der Waals surface area contributed by atoms with E-state index in [1.807, 2.05) is 0 Å². The van der Waals surface area contributed by atoms with E-state index in [0.29, 0.717) is 5.39 Å². The number of hydrogen-bond acceptors (Lipinski definition) is 3. The summed E-state index contributed by atoms with van der Waals surface area (Å²) in [5, 5.41) is 0.601. The Bertz CT molecular complexity index is 1010. The van der Waals surface area contributed by atoms with E-state index in [9.17, 15) is 18.4 Å².